The number of amides is 1. The summed E-state index contributed by atoms with van der Waals surface area (Å²) in [6.45, 7) is 0.780. The first-order valence-electron chi connectivity index (χ1n) is 8.01. The summed E-state index contributed by atoms with van der Waals surface area (Å²) in [6.07, 6.45) is 8.90. The summed E-state index contributed by atoms with van der Waals surface area (Å²) in [5.41, 5.74) is 2.70. The number of hydrogen-bond donors (Lipinski definition) is 0. The van der Waals surface area contributed by atoms with Crippen LogP contribution in [-0.4, -0.2) is 32.1 Å². The number of nitrogens with zero attached hydrogens (tertiary/aromatic N) is 4. The van der Waals surface area contributed by atoms with Gasteiger partial charge in [0.15, 0.2) is 12.2 Å². The summed E-state index contributed by atoms with van der Waals surface area (Å²) in [5, 5.41) is 4.23. The van der Waals surface area contributed by atoms with E-state index < -0.39 is 0 Å². The smallest absolute Gasteiger partial charge is 0.254 e. The average molecular weight is 322 g/mol. The minimum Gasteiger partial charge on any atom is -0.444 e. The van der Waals surface area contributed by atoms with Gasteiger partial charge in [-0.15, -0.1) is 0 Å². The second-order valence-corrected chi connectivity index (χ2v) is 6.05. The highest BCUT2D eigenvalue weighted by atomic mass is 16.3. The standard InChI is InChI=1S/C18H18N4O2/c1-21-11-15(9-20-21)16-3-2-8-22(16)18(23)14-6-4-13(5-7-14)17-10-19-12-24-17/h4-7,9-12,16H,2-3,8H2,1H3/t16-/m0/s1. The normalized spacial score (nSPS) is 17.4. The highest BCUT2D eigenvalue weighted by Gasteiger charge is 2.31. The molecule has 0 radical (unpaired) electrons. The predicted molar refractivity (Wildman–Crippen MR) is 88.2 cm³/mol. The third-order valence-electron chi connectivity index (χ3n) is 4.47. The molecule has 1 aliphatic rings. The first-order valence-corrected chi connectivity index (χ1v) is 8.01. The summed E-state index contributed by atoms with van der Waals surface area (Å²) in [5.74, 6) is 0.758. The molecule has 0 unspecified atom stereocenters. The molecule has 6 nitrogen and oxygen atoms in total. The lowest BCUT2D eigenvalue weighted by Crippen LogP contribution is -2.30. The van der Waals surface area contributed by atoms with E-state index in [0.29, 0.717) is 11.3 Å². The van der Waals surface area contributed by atoms with Crippen molar-refractivity contribution in [1.29, 1.82) is 0 Å². The van der Waals surface area contributed by atoms with Gasteiger partial charge in [-0.25, -0.2) is 4.98 Å². The molecule has 1 aliphatic heterocycles. The molecule has 6 heteroatoms. The van der Waals surface area contributed by atoms with Crippen molar-refractivity contribution in [3.05, 3.63) is 60.4 Å². The molecule has 3 heterocycles. The third kappa shape index (κ3) is 2.60. The molecule has 2 aromatic heterocycles. The summed E-state index contributed by atoms with van der Waals surface area (Å²) >= 11 is 0. The zero-order valence-corrected chi connectivity index (χ0v) is 13.4. The molecular weight excluding hydrogens is 304 g/mol. The Labute approximate surface area is 139 Å². The number of aromatic nitrogens is 3. The average Bonchev–Trinajstić information content (AvgIpc) is 3.35. The third-order valence-corrected chi connectivity index (χ3v) is 4.47. The largest absolute Gasteiger partial charge is 0.444 e. The molecule has 3 aromatic rings. The maximum atomic E-state index is 12.9. The van der Waals surface area contributed by atoms with E-state index in [0.717, 1.165) is 30.5 Å². The van der Waals surface area contributed by atoms with Crippen LogP contribution < -0.4 is 0 Å². The molecule has 1 amide bonds. The predicted octanol–water partition coefficient (Wildman–Crippen LogP) is 3.05. The molecule has 0 N–H and O–H groups in total. The molecule has 0 saturated carbocycles. The number of likely N-dealkylation sites (tertiary alicyclic amines) is 1. The highest BCUT2D eigenvalue weighted by molar-refractivity contribution is 5.95. The lowest BCUT2D eigenvalue weighted by atomic mass is 10.1. The lowest BCUT2D eigenvalue weighted by molar-refractivity contribution is 0.0735. The van der Waals surface area contributed by atoms with Crippen LogP contribution in [0, 0.1) is 0 Å². The van der Waals surface area contributed by atoms with Gasteiger partial charge >= 0.3 is 0 Å². The van der Waals surface area contributed by atoms with Crippen molar-refractivity contribution in [2.75, 3.05) is 6.54 Å². The summed E-state index contributed by atoms with van der Waals surface area (Å²) in [4.78, 5) is 18.8. The maximum Gasteiger partial charge on any atom is 0.254 e. The second-order valence-electron chi connectivity index (χ2n) is 6.05. The Morgan fingerprint density at radius 3 is 2.75 bits per heavy atom. The van der Waals surface area contributed by atoms with Crippen molar-refractivity contribution in [2.24, 2.45) is 7.05 Å². The summed E-state index contributed by atoms with van der Waals surface area (Å²) < 4.78 is 7.06. The van der Waals surface area contributed by atoms with Gasteiger partial charge in [0.05, 0.1) is 18.4 Å². The molecule has 1 saturated heterocycles. The van der Waals surface area contributed by atoms with Gasteiger partial charge in [-0.05, 0) is 25.0 Å². The number of hydrogen-bond acceptors (Lipinski definition) is 4. The number of oxazole rings is 1. The van der Waals surface area contributed by atoms with E-state index in [2.05, 4.69) is 10.1 Å². The van der Waals surface area contributed by atoms with E-state index in [-0.39, 0.29) is 11.9 Å². The first-order chi connectivity index (χ1) is 11.7. The van der Waals surface area contributed by atoms with Crippen LogP contribution in [0.5, 0.6) is 0 Å². The monoisotopic (exact) mass is 322 g/mol. The Bertz CT molecular complexity index is 836. The van der Waals surface area contributed by atoms with E-state index in [1.165, 1.54) is 6.39 Å². The van der Waals surface area contributed by atoms with Gasteiger partial charge in [-0.2, -0.15) is 5.10 Å². The van der Waals surface area contributed by atoms with Crippen LogP contribution in [-0.2, 0) is 7.05 Å². The van der Waals surface area contributed by atoms with Crippen molar-refractivity contribution >= 4 is 5.91 Å². The van der Waals surface area contributed by atoms with E-state index in [4.69, 9.17) is 4.42 Å². The van der Waals surface area contributed by atoms with Crippen molar-refractivity contribution < 1.29 is 9.21 Å². The maximum absolute atomic E-state index is 12.9. The minimum atomic E-state index is 0.0606. The second kappa shape index (κ2) is 5.96. The molecule has 1 aromatic carbocycles. The van der Waals surface area contributed by atoms with Crippen LogP contribution >= 0.6 is 0 Å². The topological polar surface area (TPSA) is 64.2 Å². The Morgan fingerprint density at radius 2 is 2.08 bits per heavy atom. The molecular formula is C18H18N4O2. The number of benzene rings is 1. The quantitative estimate of drug-likeness (QED) is 0.743. The van der Waals surface area contributed by atoms with Crippen LogP contribution in [0.15, 0.2) is 53.7 Å². The lowest BCUT2D eigenvalue weighted by Gasteiger charge is -2.24. The molecule has 4 rings (SSSR count). The van der Waals surface area contributed by atoms with Gasteiger partial charge < -0.3 is 9.32 Å². The zero-order chi connectivity index (χ0) is 16.5. The first kappa shape index (κ1) is 14.7. The number of aryl methyl sites for hydroxylation is 1. The van der Waals surface area contributed by atoms with E-state index in [1.54, 1.807) is 10.9 Å². The van der Waals surface area contributed by atoms with E-state index in [1.807, 2.05) is 48.6 Å². The van der Waals surface area contributed by atoms with Gasteiger partial charge in [-0.3, -0.25) is 9.48 Å². The van der Waals surface area contributed by atoms with Gasteiger partial charge in [0, 0.05) is 36.5 Å². The van der Waals surface area contributed by atoms with Gasteiger partial charge in [0.2, 0.25) is 0 Å². The Morgan fingerprint density at radius 1 is 1.25 bits per heavy atom. The molecule has 1 atom stereocenters. The molecule has 122 valence electrons. The Hall–Kier alpha value is -2.89. The highest BCUT2D eigenvalue weighted by Crippen LogP contribution is 2.33. The van der Waals surface area contributed by atoms with Crippen molar-refractivity contribution in [1.82, 2.24) is 19.7 Å². The van der Waals surface area contributed by atoms with Gasteiger partial charge in [-0.1, -0.05) is 12.1 Å². The summed E-state index contributed by atoms with van der Waals surface area (Å²) in [7, 11) is 1.90. The van der Waals surface area contributed by atoms with E-state index >= 15 is 0 Å². The molecule has 1 fully saturated rings. The Balaban J connectivity index is 1.56. The van der Waals surface area contributed by atoms with Gasteiger partial charge in [0.25, 0.3) is 5.91 Å². The zero-order valence-electron chi connectivity index (χ0n) is 13.4. The van der Waals surface area contributed by atoms with Crippen LogP contribution in [0.2, 0.25) is 0 Å². The van der Waals surface area contributed by atoms with Crippen molar-refractivity contribution in [3.63, 3.8) is 0 Å². The van der Waals surface area contributed by atoms with Crippen LogP contribution in [0.3, 0.4) is 0 Å². The number of carbonyl (C=O) groups is 1. The molecule has 0 aliphatic carbocycles. The van der Waals surface area contributed by atoms with Gasteiger partial charge in [0.1, 0.15) is 0 Å². The van der Waals surface area contributed by atoms with Crippen LogP contribution in [0.25, 0.3) is 11.3 Å². The number of carbonyl (C=O) groups excluding carboxylic acids is 1. The fraction of sp³-hybridized carbons (Fsp3) is 0.278. The molecule has 24 heavy (non-hydrogen) atoms. The molecule has 0 spiro atoms. The number of rotatable bonds is 3. The fourth-order valence-electron chi connectivity index (χ4n) is 3.27. The van der Waals surface area contributed by atoms with E-state index in [9.17, 15) is 4.79 Å². The fourth-order valence-corrected chi connectivity index (χ4v) is 3.27. The Kier molecular flexibility index (Phi) is 3.65. The molecule has 0 bridgehead atoms. The van der Waals surface area contributed by atoms with Crippen molar-refractivity contribution in [2.45, 2.75) is 18.9 Å². The van der Waals surface area contributed by atoms with Crippen LogP contribution in [0.1, 0.15) is 34.8 Å². The van der Waals surface area contributed by atoms with Crippen molar-refractivity contribution in [3.8, 4) is 11.3 Å². The van der Waals surface area contributed by atoms with Crippen LogP contribution in [0.4, 0.5) is 0 Å². The minimum absolute atomic E-state index is 0.0606. The summed E-state index contributed by atoms with van der Waals surface area (Å²) in [6, 6.07) is 7.59. The SMILES string of the molecule is Cn1cc([C@@H]2CCCN2C(=O)c2ccc(-c3cnco3)cc2)cn1.